The van der Waals surface area contributed by atoms with Crippen LogP contribution >= 0.6 is 0 Å². The number of ether oxygens (including phenoxy) is 2. The minimum absolute atomic E-state index is 0.0599. The van der Waals surface area contributed by atoms with Crippen LogP contribution in [0.15, 0.2) is 11.6 Å². The van der Waals surface area contributed by atoms with Gasteiger partial charge in [-0.15, -0.1) is 0 Å². The van der Waals surface area contributed by atoms with Crippen LogP contribution in [0.5, 0.6) is 0 Å². The van der Waals surface area contributed by atoms with Crippen LogP contribution in [0.3, 0.4) is 0 Å². The number of unbranched alkanes of at least 4 members (excludes halogenated alkanes) is 3. The van der Waals surface area contributed by atoms with Gasteiger partial charge >= 0.3 is 11.9 Å². The Hall–Kier alpha value is -2.18. The van der Waals surface area contributed by atoms with Gasteiger partial charge in [-0.3, -0.25) is 19.2 Å². The molecule has 0 spiro atoms. The second kappa shape index (κ2) is 12.6. The number of hydrogen-bond acceptors (Lipinski definition) is 6. The zero-order chi connectivity index (χ0) is 34.6. The number of carbonyl (C=O) groups is 4. The van der Waals surface area contributed by atoms with E-state index in [0.717, 1.165) is 83.5 Å². The largest absolute Gasteiger partial charge is 0.469 e. The van der Waals surface area contributed by atoms with Crippen molar-refractivity contribution in [2.24, 2.45) is 50.2 Å². The van der Waals surface area contributed by atoms with Crippen LogP contribution in [0.2, 0.25) is 0 Å². The molecule has 0 aromatic carbocycles. The van der Waals surface area contributed by atoms with E-state index in [9.17, 15) is 19.2 Å². The first-order valence-electron chi connectivity index (χ1n) is 18.7. The molecule has 4 fully saturated rings. The number of hydrogen-bond donors (Lipinski definition) is 1. The molecule has 1 N–H and O–H groups in total. The number of allylic oxidation sites excluding steroid dienone is 2. The summed E-state index contributed by atoms with van der Waals surface area (Å²) in [7, 11) is 1.42. The monoisotopic (exact) mass is 653 g/mol. The molecule has 9 atom stereocenters. The fourth-order valence-electron chi connectivity index (χ4n) is 12.0. The van der Waals surface area contributed by atoms with E-state index >= 15 is 0 Å². The normalized spacial score (nSPS) is 42.1. The first-order chi connectivity index (χ1) is 21.9. The second-order valence-electron chi connectivity index (χ2n) is 18.2. The van der Waals surface area contributed by atoms with Crippen LogP contribution in [0, 0.1) is 50.2 Å². The van der Waals surface area contributed by atoms with Crippen LogP contribution < -0.4 is 5.32 Å². The lowest BCUT2D eigenvalue weighted by Crippen LogP contribution is -2.66. The van der Waals surface area contributed by atoms with E-state index in [-0.39, 0.29) is 62.9 Å². The molecule has 0 heterocycles. The molecule has 4 saturated carbocycles. The number of fused-ring (bicyclic) bond motifs is 7. The Balaban J connectivity index is 1.35. The molecular formula is C40H63NO6. The van der Waals surface area contributed by atoms with Gasteiger partial charge in [-0.05, 0) is 110 Å². The number of ketones is 1. The van der Waals surface area contributed by atoms with Crippen LogP contribution in [0.25, 0.3) is 0 Å². The van der Waals surface area contributed by atoms with E-state index in [1.165, 1.54) is 19.6 Å². The SMILES string of the molecule is COC(=O)CCCCCCNC(=O)[C@@]1(C)CC[C@]2(C)CC[C@]3(C)C(=CC(=O)[C@@H]4[C@@]5(C)CC[C@H](OC(C)=O)C(C)(C)[C@@H]5CC[C@]43C)[C@@H]2C1. The van der Waals surface area contributed by atoms with E-state index in [1.807, 2.05) is 0 Å². The average Bonchev–Trinajstić information content (AvgIpc) is 2.99. The Bertz CT molecular complexity index is 1300. The van der Waals surface area contributed by atoms with Crippen LogP contribution in [0.4, 0.5) is 0 Å². The Morgan fingerprint density at radius 2 is 1.55 bits per heavy atom. The van der Waals surface area contributed by atoms with Gasteiger partial charge in [0.2, 0.25) is 5.91 Å². The van der Waals surface area contributed by atoms with Gasteiger partial charge in [0.05, 0.1) is 7.11 Å². The van der Waals surface area contributed by atoms with Crippen LogP contribution in [-0.4, -0.2) is 43.4 Å². The zero-order valence-electron chi connectivity index (χ0n) is 30.9. The molecule has 7 heteroatoms. The summed E-state index contributed by atoms with van der Waals surface area (Å²) in [5.41, 5.74) is 0.356. The van der Waals surface area contributed by atoms with E-state index in [2.05, 4.69) is 59.9 Å². The molecule has 0 radical (unpaired) electrons. The predicted octanol–water partition coefficient (Wildman–Crippen LogP) is 8.14. The predicted molar refractivity (Wildman–Crippen MR) is 183 cm³/mol. The first kappa shape index (κ1) is 36.1. The Labute approximate surface area is 284 Å². The molecule has 0 unspecified atom stereocenters. The van der Waals surface area contributed by atoms with Crippen LogP contribution in [0.1, 0.15) is 145 Å². The topological polar surface area (TPSA) is 98.8 Å². The molecule has 0 bridgehead atoms. The summed E-state index contributed by atoms with van der Waals surface area (Å²) in [6, 6.07) is 0. The van der Waals surface area contributed by atoms with E-state index in [1.54, 1.807) is 0 Å². The van der Waals surface area contributed by atoms with E-state index in [0.29, 0.717) is 24.7 Å². The number of rotatable bonds is 9. The zero-order valence-corrected chi connectivity index (χ0v) is 30.9. The lowest BCUT2D eigenvalue weighted by atomic mass is 9.33. The number of carbonyl (C=O) groups excluding carboxylic acids is 4. The highest BCUT2D eigenvalue weighted by molar-refractivity contribution is 5.95. The summed E-state index contributed by atoms with van der Waals surface area (Å²) in [6.07, 6.45) is 14.7. The minimum atomic E-state index is -0.461. The van der Waals surface area contributed by atoms with Gasteiger partial charge in [0.25, 0.3) is 0 Å². The molecule has 5 rings (SSSR count). The van der Waals surface area contributed by atoms with Gasteiger partial charge in [-0.2, -0.15) is 0 Å². The lowest BCUT2D eigenvalue weighted by Gasteiger charge is -2.70. The molecule has 47 heavy (non-hydrogen) atoms. The number of esters is 2. The smallest absolute Gasteiger partial charge is 0.305 e. The molecule has 5 aliphatic rings. The lowest BCUT2D eigenvalue weighted by molar-refractivity contribution is -0.210. The van der Waals surface area contributed by atoms with Crippen molar-refractivity contribution in [1.29, 1.82) is 0 Å². The molecule has 1 amide bonds. The number of amides is 1. The number of nitrogens with one attached hydrogen (secondary N) is 1. The van der Waals surface area contributed by atoms with Gasteiger partial charge in [-0.25, -0.2) is 0 Å². The van der Waals surface area contributed by atoms with Crippen molar-refractivity contribution >= 4 is 23.6 Å². The summed E-state index contributed by atoms with van der Waals surface area (Å²) in [5, 5.41) is 3.27. The van der Waals surface area contributed by atoms with Crippen molar-refractivity contribution < 1.29 is 28.7 Å². The fourth-order valence-corrected chi connectivity index (χ4v) is 12.0. The summed E-state index contributed by atoms with van der Waals surface area (Å²) in [6.45, 7) is 18.5. The molecule has 0 aromatic rings. The van der Waals surface area contributed by atoms with Gasteiger partial charge < -0.3 is 14.8 Å². The summed E-state index contributed by atoms with van der Waals surface area (Å²) < 4.78 is 10.6. The Morgan fingerprint density at radius 3 is 2.23 bits per heavy atom. The fraction of sp³-hybridized carbons (Fsp3) is 0.850. The minimum Gasteiger partial charge on any atom is -0.469 e. The highest BCUT2D eigenvalue weighted by Gasteiger charge is 2.70. The maximum atomic E-state index is 14.7. The summed E-state index contributed by atoms with van der Waals surface area (Å²) >= 11 is 0. The third-order valence-corrected chi connectivity index (χ3v) is 15.2. The van der Waals surface area contributed by atoms with Gasteiger partial charge in [0.1, 0.15) is 6.10 Å². The van der Waals surface area contributed by atoms with Gasteiger partial charge in [0, 0.05) is 36.6 Å². The van der Waals surface area contributed by atoms with E-state index < -0.39 is 5.41 Å². The van der Waals surface area contributed by atoms with E-state index in [4.69, 9.17) is 9.47 Å². The summed E-state index contributed by atoms with van der Waals surface area (Å²) in [5.74, 6) is 0.518. The molecule has 0 saturated heterocycles. The first-order valence-corrected chi connectivity index (χ1v) is 18.7. The third kappa shape index (κ3) is 5.92. The Kier molecular flexibility index (Phi) is 9.69. The molecule has 0 aromatic heterocycles. The van der Waals surface area contributed by atoms with Gasteiger partial charge in [0.15, 0.2) is 5.78 Å². The molecule has 5 aliphatic carbocycles. The molecule has 7 nitrogen and oxygen atoms in total. The van der Waals surface area contributed by atoms with Gasteiger partial charge in [-0.1, -0.05) is 66.9 Å². The van der Waals surface area contributed by atoms with Crippen LogP contribution in [-0.2, 0) is 28.7 Å². The highest BCUT2D eigenvalue weighted by Crippen LogP contribution is 2.75. The van der Waals surface area contributed by atoms with Crippen molar-refractivity contribution in [1.82, 2.24) is 5.32 Å². The molecule has 264 valence electrons. The summed E-state index contributed by atoms with van der Waals surface area (Å²) in [4.78, 5) is 51.8. The quantitative estimate of drug-likeness (QED) is 0.199. The molecular weight excluding hydrogens is 590 g/mol. The standard InChI is InChI=1S/C40H63NO6/c1-26(42)47-31-16-17-38(6)30(35(31,2)3)15-18-40(8)33(38)29(43)24-27-28-25-37(5,20-19-36(28,4)21-22-39(27,40)7)34(45)41-23-13-11-10-12-14-32(44)46-9/h24,28,30-31,33H,10-23,25H2,1-9H3,(H,41,45)/t28-,30-,31-,33+,36+,37-,38-,39+,40+/m0/s1. The third-order valence-electron chi connectivity index (χ3n) is 15.2. The van der Waals surface area contributed by atoms with Crippen molar-refractivity contribution in [3.05, 3.63) is 11.6 Å². The molecule has 0 aliphatic heterocycles. The average molecular weight is 654 g/mol. The number of methoxy groups -OCH3 is 1. The van der Waals surface area contributed by atoms with Crippen molar-refractivity contribution in [2.45, 2.75) is 151 Å². The van der Waals surface area contributed by atoms with Crippen molar-refractivity contribution in [3.63, 3.8) is 0 Å². The maximum Gasteiger partial charge on any atom is 0.305 e. The highest BCUT2D eigenvalue weighted by atomic mass is 16.5. The second-order valence-corrected chi connectivity index (χ2v) is 18.2. The van der Waals surface area contributed by atoms with Crippen molar-refractivity contribution in [2.75, 3.05) is 13.7 Å². The Morgan fingerprint density at radius 1 is 0.872 bits per heavy atom. The maximum absolute atomic E-state index is 14.7. The van der Waals surface area contributed by atoms with Crippen molar-refractivity contribution in [3.8, 4) is 0 Å².